The van der Waals surface area contributed by atoms with Gasteiger partial charge < -0.3 is 15.2 Å². The summed E-state index contributed by atoms with van der Waals surface area (Å²) in [7, 11) is 0. The highest BCUT2D eigenvalue weighted by Gasteiger charge is 2.14. The minimum absolute atomic E-state index is 0.00463. The number of hydrogen-bond acceptors (Lipinski definition) is 4. The molecule has 0 spiro atoms. The van der Waals surface area contributed by atoms with Crippen LogP contribution in [0.4, 0.5) is 0 Å². The van der Waals surface area contributed by atoms with Crippen molar-refractivity contribution in [3.63, 3.8) is 0 Å². The molecule has 5 heteroatoms. The summed E-state index contributed by atoms with van der Waals surface area (Å²) in [4.78, 5) is 0. The van der Waals surface area contributed by atoms with Gasteiger partial charge in [-0.3, -0.25) is 0 Å². The van der Waals surface area contributed by atoms with Gasteiger partial charge in [0.05, 0.1) is 12.6 Å². The Morgan fingerprint density at radius 2 is 1.74 bits per heavy atom. The fourth-order valence-electron chi connectivity index (χ4n) is 2.32. The van der Waals surface area contributed by atoms with Gasteiger partial charge in [0.2, 0.25) is 0 Å². The van der Waals surface area contributed by atoms with Crippen LogP contribution in [0.15, 0.2) is 48.5 Å². The molecule has 23 heavy (non-hydrogen) atoms. The van der Waals surface area contributed by atoms with Crippen molar-refractivity contribution >= 4 is 11.6 Å². The fourth-order valence-corrected chi connectivity index (χ4v) is 2.44. The predicted octanol–water partition coefficient (Wildman–Crippen LogP) is 3.63. The second-order valence-electron chi connectivity index (χ2n) is 5.19. The van der Waals surface area contributed by atoms with Crippen molar-refractivity contribution < 1.29 is 9.84 Å². The molecule has 0 aromatic heterocycles. The molecule has 2 unspecified atom stereocenters. The Morgan fingerprint density at radius 3 is 2.30 bits per heavy atom. The molecule has 0 bridgehead atoms. The molecule has 4 nitrogen and oxygen atoms in total. The number of rotatable bonds is 7. The summed E-state index contributed by atoms with van der Waals surface area (Å²) in [5.41, 5.74) is 2.06. The van der Waals surface area contributed by atoms with E-state index in [0.717, 1.165) is 11.1 Å². The average molecular weight is 331 g/mol. The standard InChI is InChI=1S/C18H19ClN2O2/c1-13(14-4-8-17(9-5-14)23-11-10-20)21-18(12-22)15-2-6-16(19)7-3-15/h2-9,13,18,21-22H,11-12H2,1H3. The van der Waals surface area contributed by atoms with Crippen LogP contribution in [-0.2, 0) is 0 Å². The number of hydrogen-bond donors (Lipinski definition) is 2. The van der Waals surface area contributed by atoms with Crippen LogP contribution in [0.25, 0.3) is 0 Å². The topological polar surface area (TPSA) is 65.3 Å². The average Bonchev–Trinajstić information content (AvgIpc) is 2.59. The number of nitriles is 1. The second-order valence-corrected chi connectivity index (χ2v) is 5.63. The van der Waals surface area contributed by atoms with Crippen molar-refractivity contribution in [2.75, 3.05) is 13.2 Å². The molecule has 0 saturated heterocycles. The number of ether oxygens (including phenoxy) is 1. The smallest absolute Gasteiger partial charge is 0.174 e. The maximum absolute atomic E-state index is 9.64. The molecule has 0 aliphatic heterocycles. The third-order valence-electron chi connectivity index (χ3n) is 3.59. The Balaban J connectivity index is 2.03. The summed E-state index contributed by atoms with van der Waals surface area (Å²) in [5.74, 6) is 0.666. The Hall–Kier alpha value is -2.06. The van der Waals surface area contributed by atoms with E-state index in [0.29, 0.717) is 10.8 Å². The van der Waals surface area contributed by atoms with E-state index in [-0.39, 0.29) is 25.3 Å². The molecule has 0 saturated carbocycles. The molecule has 2 aromatic rings. The normalized spacial score (nSPS) is 13.1. The van der Waals surface area contributed by atoms with Crippen molar-refractivity contribution in [3.05, 3.63) is 64.7 Å². The third-order valence-corrected chi connectivity index (χ3v) is 3.84. The second kappa shape index (κ2) is 8.54. The van der Waals surface area contributed by atoms with E-state index in [9.17, 15) is 5.11 Å². The van der Waals surface area contributed by atoms with Crippen LogP contribution >= 0.6 is 11.6 Å². The first kappa shape index (κ1) is 17.3. The minimum atomic E-state index is -0.170. The number of benzene rings is 2. The largest absolute Gasteiger partial charge is 0.479 e. The summed E-state index contributed by atoms with van der Waals surface area (Å²) in [6, 6.07) is 16.8. The van der Waals surface area contributed by atoms with Crippen LogP contribution in [0.3, 0.4) is 0 Å². The Morgan fingerprint density at radius 1 is 1.13 bits per heavy atom. The van der Waals surface area contributed by atoms with Crippen LogP contribution in [0.5, 0.6) is 5.75 Å². The van der Waals surface area contributed by atoms with Gasteiger partial charge >= 0.3 is 0 Å². The minimum Gasteiger partial charge on any atom is -0.479 e. The number of aliphatic hydroxyl groups excluding tert-OH is 1. The van der Waals surface area contributed by atoms with Crippen LogP contribution in [-0.4, -0.2) is 18.3 Å². The van der Waals surface area contributed by atoms with Crippen molar-refractivity contribution in [2.24, 2.45) is 0 Å². The molecule has 0 aliphatic rings. The van der Waals surface area contributed by atoms with Crippen molar-refractivity contribution in [2.45, 2.75) is 19.0 Å². The zero-order chi connectivity index (χ0) is 16.7. The van der Waals surface area contributed by atoms with Gasteiger partial charge in [-0.15, -0.1) is 0 Å². The molecule has 0 amide bonds. The molecule has 2 aromatic carbocycles. The number of halogens is 1. The lowest BCUT2D eigenvalue weighted by Crippen LogP contribution is -2.27. The highest BCUT2D eigenvalue weighted by Crippen LogP contribution is 2.22. The van der Waals surface area contributed by atoms with E-state index in [2.05, 4.69) is 5.32 Å². The molecule has 0 fully saturated rings. The first-order valence-corrected chi connectivity index (χ1v) is 7.74. The van der Waals surface area contributed by atoms with Gasteiger partial charge in [0, 0.05) is 11.1 Å². The van der Waals surface area contributed by atoms with E-state index < -0.39 is 0 Å². The van der Waals surface area contributed by atoms with Crippen LogP contribution in [0, 0.1) is 11.3 Å². The van der Waals surface area contributed by atoms with Gasteiger partial charge in [-0.1, -0.05) is 35.9 Å². The summed E-state index contributed by atoms with van der Waals surface area (Å²) in [6.07, 6.45) is 0. The van der Waals surface area contributed by atoms with Crippen LogP contribution in [0.2, 0.25) is 5.02 Å². The van der Waals surface area contributed by atoms with Crippen molar-refractivity contribution in [1.82, 2.24) is 5.32 Å². The van der Waals surface area contributed by atoms with Gasteiger partial charge in [-0.05, 0) is 42.3 Å². The molecule has 0 aliphatic carbocycles. The van der Waals surface area contributed by atoms with Crippen LogP contribution < -0.4 is 10.1 Å². The maximum atomic E-state index is 9.64. The monoisotopic (exact) mass is 330 g/mol. The summed E-state index contributed by atoms with van der Waals surface area (Å²) in [6.45, 7) is 2.06. The highest BCUT2D eigenvalue weighted by molar-refractivity contribution is 6.30. The van der Waals surface area contributed by atoms with Gasteiger partial charge in [0.15, 0.2) is 6.61 Å². The fraction of sp³-hybridized carbons (Fsp3) is 0.278. The van der Waals surface area contributed by atoms with Gasteiger partial charge in [-0.25, -0.2) is 0 Å². The van der Waals surface area contributed by atoms with Crippen molar-refractivity contribution in [1.29, 1.82) is 5.26 Å². The molecule has 2 rings (SSSR count). The first-order valence-electron chi connectivity index (χ1n) is 7.36. The molecule has 120 valence electrons. The Labute approximate surface area is 141 Å². The molecule has 2 atom stereocenters. The third kappa shape index (κ3) is 4.97. The quantitative estimate of drug-likeness (QED) is 0.813. The van der Waals surface area contributed by atoms with E-state index in [1.807, 2.05) is 61.5 Å². The molecule has 2 N–H and O–H groups in total. The zero-order valence-corrected chi connectivity index (χ0v) is 13.6. The maximum Gasteiger partial charge on any atom is 0.174 e. The van der Waals surface area contributed by atoms with E-state index in [1.54, 1.807) is 0 Å². The first-order chi connectivity index (χ1) is 11.1. The molecule has 0 heterocycles. The lowest BCUT2D eigenvalue weighted by Gasteiger charge is -2.22. The Bertz CT molecular complexity index is 650. The van der Waals surface area contributed by atoms with Crippen LogP contribution in [0.1, 0.15) is 30.1 Å². The number of aliphatic hydroxyl groups is 1. The number of nitrogens with one attached hydrogen (secondary N) is 1. The lowest BCUT2D eigenvalue weighted by molar-refractivity contribution is 0.235. The van der Waals surface area contributed by atoms with E-state index >= 15 is 0 Å². The zero-order valence-electron chi connectivity index (χ0n) is 12.9. The predicted molar refractivity (Wildman–Crippen MR) is 90.4 cm³/mol. The van der Waals surface area contributed by atoms with E-state index in [4.69, 9.17) is 21.6 Å². The van der Waals surface area contributed by atoms with Gasteiger partial charge in [0.1, 0.15) is 11.8 Å². The molecular weight excluding hydrogens is 312 g/mol. The van der Waals surface area contributed by atoms with E-state index in [1.165, 1.54) is 0 Å². The lowest BCUT2D eigenvalue weighted by atomic mass is 10.0. The SMILES string of the molecule is CC(NC(CO)c1ccc(Cl)cc1)c1ccc(OCC#N)cc1. The summed E-state index contributed by atoms with van der Waals surface area (Å²) in [5, 5.41) is 22.2. The van der Waals surface area contributed by atoms with Gasteiger partial charge in [0.25, 0.3) is 0 Å². The molecular formula is C18H19ClN2O2. The molecule has 0 radical (unpaired) electrons. The van der Waals surface area contributed by atoms with Crippen molar-refractivity contribution in [3.8, 4) is 11.8 Å². The van der Waals surface area contributed by atoms with Gasteiger partial charge in [-0.2, -0.15) is 5.26 Å². The Kier molecular flexibility index (Phi) is 6.42. The number of nitrogens with zero attached hydrogens (tertiary/aromatic N) is 1. The summed E-state index contributed by atoms with van der Waals surface area (Å²) >= 11 is 5.90. The highest BCUT2D eigenvalue weighted by atomic mass is 35.5. The summed E-state index contributed by atoms with van der Waals surface area (Å²) < 4.78 is 5.24.